The predicted octanol–water partition coefficient (Wildman–Crippen LogP) is 1.00. The Bertz CT molecular complexity index is 357. The minimum absolute atomic E-state index is 0.0450. The number of ether oxygens (including phenoxy) is 1. The lowest BCUT2D eigenvalue weighted by atomic mass is 10.2. The van der Waals surface area contributed by atoms with Crippen LogP contribution < -0.4 is 10.6 Å². The van der Waals surface area contributed by atoms with Gasteiger partial charge in [0, 0.05) is 12.3 Å². The zero-order valence-corrected chi connectivity index (χ0v) is 11.3. The highest BCUT2D eigenvalue weighted by Crippen LogP contribution is 2.05. The van der Waals surface area contributed by atoms with Crippen molar-refractivity contribution in [1.82, 2.24) is 5.32 Å². The molecule has 0 fully saturated rings. The second kappa shape index (κ2) is 9.49. The first kappa shape index (κ1) is 15.6. The molecule has 1 aromatic carbocycles. The van der Waals surface area contributed by atoms with Crippen molar-refractivity contribution in [2.24, 2.45) is 0 Å². The van der Waals surface area contributed by atoms with E-state index in [1.54, 1.807) is 0 Å². The van der Waals surface area contributed by atoms with Gasteiger partial charge in [-0.1, -0.05) is 18.2 Å². The molecule has 0 aliphatic rings. The predicted molar refractivity (Wildman–Crippen MR) is 75.1 cm³/mol. The van der Waals surface area contributed by atoms with E-state index in [9.17, 15) is 4.79 Å². The van der Waals surface area contributed by atoms with Crippen molar-refractivity contribution in [2.45, 2.75) is 19.4 Å². The summed E-state index contributed by atoms with van der Waals surface area (Å²) >= 11 is 0. The van der Waals surface area contributed by atoms with Gasteiger partial charge in [-0.3, -0.25) is 4.79 Å². The second-order valence-electron chi connectivity index (χ2n) is 4.22. The van der Waals surface area contributed by atoms with E-state index in [0.717, 1.165) is 12.1 Å². The molecule has 0 heterocycles. The molecule has 3 N–H and O–H groups in total. The molecule has 0 saturated carbocycles. The van der Waals surface area contributed by atoms with Gasteiger partial charge in [0.2, 0.25) is 5.91 Å². The van der Waals surface area contributed by atoms with Gasteiger partial charge in [0.25, 0.3) is 0 Å². The summed E-state index contributed by atoms with van der Waals surface area (Å²) in [6, 6.07) is 9.13. The summed E-state index contributed by atoms with van der Waals surface area (Å²) < 4.78 is 5.13. The topological polar surface area (TPSA) is 70.6 Å². The molecule has 1 unspecified atom stereocenters. The van der Waals surface area contributed by atoms with Gasteiger partial charge in [-0.25, -0.2) is 0 Å². The van der Waals surface area contributed by atoms with Crippen LogP contribution in [0.25, 0.3) is 0 Å². The van der Waals surface area contributed by atoms with Crippen molar-refractivity contribution in [3.05, 3.63) is 30.3 Å². The van der Waals surface area contributed by atoms with Gasteiger partial charge >= 0.3 is 0 Å². The molecule has 0 aliphatic carbocycles. The maximum atomic E-state index is 11.8. The molecule has 0 spiro atoms. The minimum Gasteiger partial charge on any atom is -0.394 e. The van der Waals surface area contributed by atoms with Crippen molar-refractivity contribution in [3.63, 3.8) is 0 Å². The zero-order chi connectivity index (χ0) is 13.9. The van der Waals surface area contributed by atoms with E-state index < -0.39 is 0 Å². The van der Waals surface area contributed by atoms with E-state index in [0.29, 0.717) is 19.8 Å². The van der Waals surface area contributed by atoms with E-state index >= 15 is 0 Å². The zero-order valence-electron chi connectivity index (χ0n) is 11.3. The number of para-hydroxylation sites is 1. The number of aliphatic hydroxyl groups excluding tert-OH is 1. The largest absolute Gasteiger partial charge is 0.394 e. The lowest BCUT2D eigenvalue weighted by molar-refractivity contribution is -0.117. The van der Waals surface area contributed by atoms with Crippen molar-refractivity contribution in [2.75, 3.05) is 31.7 Å². The summed E-state index contributed by atoms with van der Waals surface area (Å²) in [4.78, 5) is 11.8. The summed E-state index contributed by atoms with van der Waals surface area (Å²) in [5, 5.41) is 14.5. The minimum atomic E-state index is -0.252. The fourth-order valence-electron chi connectivity index (χ4n) is 1.52. The number of anilines is 1. The van der Waals surface area contributed by atoms with Crippen molar-refractivity contribution < 1.29 is 14.6 Å². The molecule has 5 heteroatoms. The van der Waals surface area contributed by atoms with E-state index in [1.165, 1.54) is 0 Å². The van der Waals surface area contributed by atoms with Crippen LogP contribution in [0.2, 0.25) is 0 Å². The van der Waals surface area contributed by atoms with Crippen LogP contribution in [0.3, 0.4) is 0 Å². The third-order valence-corrected chi connectivity index (χ3v) is 2.59. The van der Waals surface area contributed by atoms with E-state index in [-0.39, 0.29) is 18.6 Å². The van der Waals surface area contributed by atoms with Gasteiger partial charge in [0.05, 0.1) is 19.3 Å². The fraction of sp³-hybridized carbons (Fsp3) is 0.500. The molecule has 0 bridgehead atoms. The van der Waals surface area contributed by atoms with Gasteiger partial charge in [-0.2, -0.15) is 0 Å². The number of nitrogens with one attached hydrogen (secondary N) is 2. The van der Waals surface area contributed by atoms with Crippen LogP contribution in [0.4, 0.5) is 5.69 Å². The van der Waals surface area contributed by atoms with Crippen LogP contribution >= 0.6 is 0 Å². The van der Waals surface area contributed by atoms with E-state index in [4.69, 9.17) is 9.84 Å². The Balaban J connectivity index is 2.15. The average Bonchev–Trinajstić information content (AvgIpc) is 2.43. The first-order valence-corrected chi connectivity index (χ1v) is 6.52. The van der Waals surface area contributed by atoms with Crippen LogP contribution in [0, 0.1) is 0 Å². The Labute approximate surface area is 114 Å². The van der Waals surface area contributed by atoms with Crippen LogP contribution in [0.1, 0.15) is 13.3 Å². The standard InChI is InChI=1S/C14H22N2O3/c1-12(15-8-5-10-19-11-9-17)14(18)16-13-6-3-2-4-7-13/h2-4,6-7,12,15,17H,5,8-11H2,1H3,(H,16,18). The van der Waals surface area contributed by atoms with Gasteiger partial charge in [0.15, 0.2) is 0 Å². The Hall–Kier alpha value is -1.43. The molecule has 0 radical (unpaired) electrons. The number of hydrogen-bond donors (Lipinski definition) is 3. The Morgan fingerprint density at radius 1 is 1.32 bits per heavy atom. The number of aliphatic hydroxyl groups is 1. The molecule has 5 nitrogen and oxygen atoms in total. The molecule has 0 aliphatic heterocycles. The summed E-state index contributed by atoms with van der Waals surface area (Å²) in [6.45, 7) is 3.52. The number of carbonyl (C=O) groups is 1. The number of hydrogen-bond acceptors (Lipinski definition) is 4. The van der Waals surface area contributed by atoms with Gasteiger partial charge < -0.3 is 20.5 Å². The SMILES string of the molecule is CC(NCCCOCCO)C(=O)Nc1ccccc1. The third-order valence-electron chi connectivity index (χ3n) is 2.59. The number of rotatable bonds is 9. The highest BCUT2D eigenvalue weighted by Gasteiger charge is 2.11. The summed E-state index contributed by atoms with van der Waals surface area (Å²) in [6.07, 6.45) is 0.808. The molecule has 19 heavy (non-hydrogen) atoms. The average molecular weight is 266 g/mol. The summed E-state index contributed by atoms with van der Waals surface area (Å²) in [5.74, 6) is -0.0533. The van der Waals surface area contributed by atoms with Crippen molar-refractivity contribution in [3.8, 4) is 0 Å². The van der Waals surface area contributed by atoms with Crippen LogP contribution in [-0.2, 0) is 9.53 Å². The lowest BCUT2D eigenvalue weighted by Gasteiger charge is -2.14. The first-order valence-electron chi connectivity index (χ1n) is 6.52. The molecular weight excluding hydrogens is 244 g/mol. The molecule has 1 aromatic rings. The van der Waals surface area contributed by atoms with Crippen molar-refractivity contribution >= 4 is 11.6 Å². The highest BCUT2D eigenvalue weighted by atomic mass is 16.5. The lowest BCUT2D eigenvalue weighted by Crippen LogP contribution is -2.38. The monoisotopic (exact) mass is 266 g/mol. The Kier molecular flexibility index (Phi) is 7.81. The number of benzene rings is 1. The number of amides is 1. The molecule has 106 valence electrons. The normalized spacial score (nSPS) is 12.1. The summed E-state index contributed by atoms with van der Waals surface area (Å²) in [7, 11) is 0. The molecular formula is C14H22N2O3. The van der Waals surface area contributed by atoms with Gasteiger partial charge in [-0.15, -0.1) is 0 Å². The summed E-state index contributed by atoms with van der Waals surface area (Å²) in [5.41, 5.74) is 0.799. The highest BCUT2D eigenvalue weighted by molar-refractivity contribution is 5.94. The molecule has 1 amide bonds. The smallest absolute Gasteiger partial charge is 0.241 e. The molecule has 0 aromatic heterocycles. The van der Waals surface area contributed by atoms with Crippen LogP contribution in [0.5, 0.6) is 0 Å². The van der Waals surface area contributed by atoms with Crippen LogP contribution in [-0.4, -0.2) is 43.4 Å². The maximum Gasteiger partial charge on any atom is 0.241 e. The van der Waals surface area contributed by atoms with E-state index in [1.807, 2.05) is 37.3 Å². The quantitative estimate of drug-likeness (QED) is 0.583. The third kappa shape index (κ3) is 6.91. The van der Waals surface area contributed by atoms with Crippen LogP contribution in [0.15, 0.2) is 30.3 Å². The maximum absolute atomic E-state index is 11.8. The molecule has 1 atom stereocenters. The Morgan fingerprint density at radius 2 is 2.05 bits per heavy atom. The van der Waals surface area contributed by atoms with Crippen molar-refractivity contribution in [1.29, 1.82) is 0 Å². The first-order chi connectivity index (χ1) is 9.24. The fourth-order valence-corrected chi connectivity index (χ4v) is 1.52. The van der Waals surface area contributed by atoms with E-state index in [2.05, 4.69) is 10.6 Å². The molecule has 1 rings (SSSR count). The van der Waals surface area contributed by atoms with Gasteiger partial charge in [-0.05, 0) is 32.0 Å². The second-order valence-corrected chi connectivity index (χ2v) is 4.22. The van der Waals surface area contributed by atoms with Gasteiger partial charge in [0.1, 0.15) is 0 Å². The number of carbonyl (C=O) groups excluding carboxylic acids is 1. The Morgan fingerprint density at radius 3 is 2.74 bits per heavy atom. The molecule has 0 saturated heterocycles.